The number of benzene rings is 1. The largest absolute Gasteiger partial charge is 0.457 e. The summed E-state index contributed by atoms with van der Waals surface area (Å²) in [7, 11) is 0. The molecule has 0 saturated carbocycles. The maximum atomic E-state index is 11.8. The van der Waals surface area contributed by atoms with Crippen molar-refractivity contribution in [1.82, 2.24) is 0 Å². The van der Waals surface area contributed by atoms with Gasteiger partial charge in [-0.05, 0) is 35.7 Å². The number of hydrogen-bond acceptors (Lipinski definition) is 3. The van der Waals surface area contributed by atoms with Crippen LogP contribution in [0.25, 0.3) is 17.4 Å². The molecule has 0 atom stereocenters. The predicted octanol–water partition coefficient (Wildman–Crippen LogP) is 4.90. The molecular weight excluding hydrogens is 268 g/mol. The summed E-state index contributed by atoms with van der Waals surface area (Å²) in [6.07, 6.45) is 3.24. The molecule has 2 aromatic heterocycles. The van der Waals surface area contributed by atoms with Crippen LogP contribution < -0.4 is 0 Å². The van der Waals surface area contributed by atoms with Gasteiger partial charge in [-0.2, -0.15) is 0 Å². The molecule has 0 saturated heterocycles. The predicted molar refractivity (Wildman–Crippen MR) is 81.8 cm³/mol. The van der Waals surface area contributed by atoms with Crippen LogP contribution in [0.2, 0.25) is 0 Å². The van der Waals surface area contributed by atoms with E-state index >= 15 is 0 Å². The lowest BCUT2D eigenvalue weighted by Gasteiger charge is -1.94. The Kier molecular flexibility index (Phi) is 3.61. The normalized spacial score (nSPS) is 11.0. The molecule has 0 fully saturated rings. The van der Waals surface area contributed by atoms with Crippen LogP contribution in [0.3, 0.4) is 0 Å². The third kappa shape index (κ3) is 2.78. The fourth-order valence-electron chi connectivity index (χ4n) is 1.86. The van der Waals surface area contributed by atoms with E-state index in [1.54, 1.807) is 12.2 Å². The minimum Gasteiger partial charge on any atom is -0.457 e. The van der Waals surface area contributed by atoms with Gasteiger partial charge in [0.1, 0.15) is 11.5 Å². The van der Waals surface area contributed by atoms with Gasteiger partial charge < -0.3 is 4.42 Å². The number of carbonyl (C=O) groups is 1. The van der Waals surface area contributed by atoms with E-state index in [0.717, 1.165) is 16.2 Å². The second-order valence-corrected chi connectivity index (χ2v) is 5.19. The highest BCUT2D eigenvalue weighted by Crippen LogP contribution is 2.22. The fourth-order valence-corrected chi connectivity index (χ4v) is 2.50. The van der Waals surface area contributed by atoms with E-state index in [9.17, 15) is 4.79 Å². The molecule has 3 rings (SSSR count). The number of rotatable bonds is 4. The Bertz CT molecular complexity index is 721. The second kappa shape index (κ2) is 5.72. The smallest absolute Gasteiger partial charge is 0.195 e. The molecule has 3 heteroatoms. The average molecular weight is 280 g/mol. The Labute approximate surface area is 121 Å². The molecule has 3 aromatic rings. The third-order valence-corrected chi connectivity index (χ3v) is 3.73. The number of carbonyl (C=O) groups excluding carboxylic acids is 1. The maximum Gasteiger partial charge on any atom is 0.195 e. The van der Waals surface area contributed by atoms with Gasteiger partial charge in [-0.15, -0.1) is 11.3 Å². The molecule has 2 nitrogen and oxygen atoms in total. The number of furan rings is 1. The van der Waals surface area contributed by atoms with Crippen LogP contribution in [0.4, 0.5) is 0 Å². The Hall–Kier alpha value is -2.39. The van der Waals surface area contributed by atoms with E-state index in [0.29, 0.717) is 5.76 Å². The monoisotopic (exact) mass is 280 g/mol. The quantitative estimate of drug-likeness (QED) is 0.502. The minimum atomic E-state index is -0.00217. The molecule has 0 radical (unpaired) electrons. The van der Waals surface area contributed by atoms with Gasteiger partial charge in [0.05, 0.1) is 4.88 Å². The van der Waals surface area contributed by atoms with Crippen molar-refractivity contribution < 1.29 is 9.21 Å². The Morgan fingerprint density at radius 1 is 1.00 bits per heavy atom. The molecule has 0 aliphatic heterocycles. The van der Waals surface area contributed by atoms with Crippen LogP contribution in [-0.2, 0) is 0 Å². The maximum absolute atomic E-state index is 11.8. The highest BCUT2D eigenvalue weighted by atomic mass is 32.1. The second-order valence-electron chi connectivity index (χ2n) is 4.24. The van der Waals surface area contributed by atoms with Crippen molar-refractivity contribution in [3.8, 4) is 11.3 Å². The highest BCUT2D eigenvalue weighted by Gasteiger charge is 2.04. The van der Waals surface area contributed by atoms with Gasteiger partial charge in [-0.1, -0.05) is 36.4 Å². The SMILES string of the molecule is O=C(/C=C\c1ccc(-c2ccccc2)o1)c1cccs1. The number of ketones is 1. The summed E-state index contributed by atoms with van der Waals surface area (Å²) in [4.78, 5) is 12.6. The Morgan fingerprint density at radius 3 is 2.60 bits per heavy atom. The number of hydrogen-bond donors (Lipinski definition) is 0. The molecule has 0 unspecified atom stereocenters. The van der Waals surface area contributed by atoms with Crippen molar-refractivity contribution in [3.05, 3.63) is 76.7 Å². The molecule has 0 N–H and O–H groups in total. The summed E-state index contributed by atoms with van der Waals surface area (Å²) in [6.45, 7) is 0. The van der Waals surface area contributed by atoms with Gasteiger partial charge in [0, 0.05) is 5.56 Å². The third-order valence-electron chi connectivity index (χ3n) is 2.85. The zero-order chi connectivity index (χ0) is 13.8. The van der Waals surface area contributed by atoms with E-state index < -0.39 is 0 Å². The van der Waals surface area contributed by atoms with Gasteiger partial charge in [0.15, 0.2) is 5.78 Å². The zero-order valence-electron chi connectivity index (χ0n) is 10.7. The van der Waals surface area contributed by atoms with Crippen LogP contribution in [0.15, 0.2) is 70.5 Å². The van der Waals surface area contributed by atoms with Crippen molar-refractivity contribution >= 4 is 23.2 Å². The highest BCUT2D eigenvalue weighted by molar-refractivity contribution is 7.12. The van der Waals surface area contributed by atoms with Gasteiger partial charge in [-0.25, -0.2) is 0 Å². The van der Waals surface area contributed by atoms with Crippen LogP contribution >= 0.6 is 11.3 Å². The van der Waals surface area contributed by atoms with E-state index in [-0.39, 0.29) is 5.78 Å². The Morgan fingerprint density at radius 2 is 1.85 bits per heavy atom. The first-order valence-electron chi connectivity index (χ1n) is 6.24. The molecule has 2 heterocycles. The lowest BCUT2D eigenvalue weighted by molar-refractivity contribution is 0.105. The minimum absolute atomic E-state index is 0.00217. The van der Waals surface area contributed by atoms with E-state index in [4.69, 9.17) is 4.42 Å². The molecule has 0 amide bonds. The van der Waals surface area contributed by atoms with Crippen molar-refractivity contribution in [2.24, 2.45) is 0 Å². The molecule has 98 valence electrons. The molecule has 20 heavy (non-hydrogen) atoms. The van der Waals surface area contributed by atoms with E-state index in [1.807, 2.05) is 60.0 Å². The van der Waals surface area contributed by atoms with Crippen LogP contribution in [-0.4, -0.2) is 5.78 Å². The first-order chi connectivity index (χ1) is 9.83. The number of allylic oxidation sites excluding steroid dienone is 1. The summed E-state index contributed by atoms with van der Waals surface area (Å²) >= 11 is 1.44. The van der Waals surface area contributed by atoms with Crippen molar-refractivity contribution in [3.63, 3.8) is 0 Å². The van der Waals surface area contributed by atoms with Crippen molar-refractivity contribution in [2.75, 3.05) is 0 Å². The van der Waals surface area contributed by atoms with E-state index in [1.165, 1.54) is 11.3 Å². The molecule has 0 bridgehead atoms. The summed E-state index contributed by atoms with van der Waals surface area (Å²) in [6, 6.07) is 17.3. The number of thiophene rings is 1. The van der Waals surface area contributed by atoms with Gasteiger partial charge >= 0.3 is 0 Å². The van der Waals surface area contributed by atoms with Gasteiger partial charge in [0.25, 0.3) is 0 Å². The van der Waals surface area contributed by atoms with E-state index in [2.05, 4.69) is 0 Å². The molecule has 0 aliphatic carbocycles. The molecule has 0 spiro atoms. The summed E-state index contributed by atoms with van der Waals surface area (Å²) < 4.78 is 5.70. The molecule has 1 aromatic carbocycles. The van der Waals surface area contributed by atoms with Crippen molar-refractivity contribution in [1.29, 1.82) is 0 Å². The Balaban J connectivity index is 1.76. The van der Waals surface area contributed by atoms with Crippen LogP contribution in [0.5, 0.6) is 0 Å². The standard InChI is InChI=1S/C17H12O2S/c18-15(17-7-4-12-20-17)10-8-14-9-11-16(19-14)13-5-2-1-3-6-13/h1-12H/b10-8-. The topological polar surface area (TPSA) is 30.2 Å². The fraction of sp³-hybridized carbons (Fsp3) is 0. The van der Waals surface area contributed by atoms with Crippen LogP contribution in [0, 0.1) is 0 Å². The molecular formula is C17H12O2S. The van der Waals surface area contributed by atoms with Crippen molar-refractivity contribution in [2.45, 2.75) is 0 Å². The molecule has 0 aliphatic rings. The average Bonchev–Trinajstić information content (AvgIpc) is 3.17. The first kappa shape index (κ1) is 12.6. The zero-order valence-corrected chi connectivity index (χ0v) is 11.5. The van der Waals surface area contributed by atoms with Crippen LogP contribution in [0.1, 0.15) is 15.4 Å². The lowest BCUT2D eigenvalue weighted by atomic mass is 10.2. The first-order valence-corrected chi connectivity index (χ1v) is 7.12. The van der Waals surface area contributed by atoms with Gasteiger partial charge in [0.2, 0.25) is 0 Å². The summed E-state index contributed by atoms with van der Waals surface area (Å²) in [5.41, 5.74) is 1.02. The van der Waals surface area contributed by atoms with Gasteiger partial charge in [-0.3, -0.25) is 4.79 Å². The summed E-state index contributed by atoms with van der Waals surface area (Å²) in [5, 5.41) is 1.89. The lowest BCUT2D eigenvalue weighted by Crippen LogP contribution is -1.87. The summed E-state index contributed by atoms with van der Waals surface area (Å²) in [5.74, 6) is 1.47.